The Balaban J connectivity index is 1.98. The van der Waals surface area contributed by atoms with Gasteiger partial charge in [0.15, 0.2) is 17.2 Å². The van der Waals surface area contributed by atoms with Gasteiger partial charge in [0.1, 0.15) is 18.0 Å². The summed E-state index contributed by atoms with van der Waals surface area (Å²) < 4.78 is 18.1. The molecule has 2 aromatic carbocycles. The summed E-state index contributed by atoms with van der Waals surface area (Å²) in [5, 5.41) is 16.8. The van der Waals surface area contributed by atoms with E-state index >= 15 is 0 Å². The van der Waals surface area contributed by atoms with Gasteiger partial charge in [-0.05, 0) is 12.5 Å². The number of methoxy groups -OCH3 is 2. The largest absolute Gasteiger partial charge is 0.494 e. The fourth-order valence-electron chi connectivity index (χ4n) is 2.62. The van der Waals surface area contributed by atoms with Gasteiger partial charge < -0.3 is 19.3 Å². The molecule has 8 heteroatoms. The zero-order chi connectivity index (χ0) is 19.4. The van der Waals surface area contributed by atoms with E-state index in [0.29, 0.717) is 35.2 Å². The minimum atomic E-state index is -1.15. The molecule has 140 valence electrons. The fourth-order valence-corrected chi connectivity index (χ4v) is 2.62. The molecule has 8 nitrogen and oxygen atoms in total. The SMILES string of the molecule is COc1cc(-n2nnc(C(=O)O)c2C)c(OC)cc1OCc1ccccc1. The van der Waals surface area contributed by atoms with Gasteiger partial charge in [-0.25, -0.2) is 9.48 Å². The van der Waals surface area contributed by atoms with E-state index in [0.717, 1.165) is 5.56 Å². The maximum atomic E-state index is 11.2. The number of carboxylic acid groups (broad SMARTS) is 1. The van der Waals surface area contributed by atoms with Crippen molar-refractivity contribution in [3.05, 3.63) is 59.4 Å². The van der Waals surface area contributed by atoms with Crippen molar-refractivity contribution in [2.24, 2.45) is 0 Å². The predicted octanol–water partition coefficient (Wildman–Crippen LogP) is 2.87. The lowest BCUT2D eigenvalue weighted by molar-refractivity contribution is 0.0689. The van der Waals surface area contributed by atoms with E-state index in [1.807, 2.05) is 30.3 Å². The molecule has 0 bridgehead atoms. The van der Waals surface area contributed by atoms with Crippen LogP contribution in [0.4, 0.5) is 0 Å². The lowest BCUT2D eigenvalue weighted by Gasteiger charge is -2.16. The number of aromatic nitrogens is 3. The Morgan fingerprint density at radius 3 is 2.37 bits per heavy atom. The Morgan fingerprint density at radius 1 is 1.07 bits per heavy atom. The standard InChI is InChI=1S/C19H19N3O5/c1-12-18(19(23)24)20-21-22(12)14-9-16(26-3)17(10-15(14)25-2)27-11-13-7-5-4-6-8-13/h4-10H,11H2,1-3H3,(H,23,24). The second kappa shape index (κ2) is 7.77. The third kappa shape index (κ3) is 3.69. The number of hydrogen-bond acceptors (Lipinski definition) is 6. The number of nitrogens with zero attached hydrogens (tertiary/aromatic N) is 3. The second-order valence-corrected chi connectivity index (χ2v) is 5.69. The van der Waals surface area contributed by atoms with Crippen molar-refractivity contribution in [1.29, 1.82) is 0 Å². The minimum Gasteiger partial charge on any atom is -0.494 e. The van der Waals surface area contributed by atoms with Crippen LogP contribution < -0.4 is 14.2 Å². The summed E-state index contributed by atoms with van der Waals surface area (Å²) in [6.07, 6.45) is 0. The van der Waals surface area contributed by atoms with Crippen LogP contribution in [0.1, 0.15) is 21.7 Å². The van der Waals surface area contributed by atoms with Crippen LogP contribution in [0.15, 0.2) is 42.5 Å². The Bertz CT molecular complexity index is 953. The van der Waals surface area contributed by atoms with Gasteiger partial charge in [-0.15, -0.1) is 5.10 Å². The predicted molar refractivity (Wildman–Crippen MR) is 96.9 cm³/mol. The van der Waals surface area contributed by atoms with E-state index < -0.39 is 5.97 Å². The summed E-state index contributed by atoms with van der Waals surface area (Å²) in [5.74, 6) is 0.267. The highest BCUT2D eigenvalue weighted by molar-refractivity contribution is 5.86. The Labute approximate surface area is 155 Å². The second-order valence-electron chi connectivity index (χ2n) is 5.69. The molecular formula is C19H19N3O5. The zero-order valence-electron chi connectivity index (χ0n) is 15.2. The minimum absolute atomic E-state index is 0.125. The third-order valence-electron chi connectivity index (χ3n) is 4.03. The molecular weight excluding hydrogens is 350 g/mol. The van der Waals surface area contributed by atoms with Crippen LogP contribution in [0.25, 0.3) is 5.69 Å². The van der Waals surface area contributed by atoms with Gasteiger partial charge in [0.05, 0.1) is 19.9 Å². The van der Waals surface area contributed by atoms with Crippen molar-refractivity contribution in [2.75, 3.05) is 14.2 Å². The topological polar surface area (TPSA) is 95.7 Å². The average molecular weight is 369 g/mol. The van der Waals surface area contributed by atoms with Gasteiger partial charge in [-0.3, -0.25) is 0 Å². The van der Waals surface area contributed by atoms with Crippen LogP contribution >= 0.6 is 0 Å². The first-order chi connectivity index (χ1) is 13.0. The quantitative estimate of drug-likeness (QED) is 0.684. The van der Waals surface area contributed by atoms with Crippen LogP contribution in [0, 0.1) is 6.92 Å². The molecule has 0 aliphatic carbocycles. The highest BCUT2D eigenvalue weighted by Gasteiger charge is 2.21. The highest BCUT2D eigenvalue weighted by atomic mass is 16.5. The van der Waals surface area contributed by atoms with Crippen molar-refractivity contribution < 1.29 is 24.1 Å². The fraction of sp³-hybridized carbons (Fsp3) is 0.211. The zero-order valence-corrected chi connectivity index (χ0v) is 15.2. The molecule has 0 aliphatic rings. The summed E-state index contributed by atoms with van der Waals surface area (Å²) >= 11 is 0. The van der Waals surface area contributed by atoms with Gasteiger partial charge >= 0.3 is 5.97 Å². The molecule has 1 N–H and O–H groups in total. The van der Waals surface area contributed by atoms with Crippen LogP contribution in [0.5, 0.6) is 17.2 Å². The van der Waals surface area contributed by atoms with Crippen LogP contribution in [0.2, 0.25) is 0 Å². The van der Waals surface area contributed by atoms with E-state index in [1.165, 1.54) is 18.9 Å². The molecule has 0 aliphatic heterocycles. The maximum absolute atomic E-state index is 11.2. The Hall–Kier alpha value is -3.55. The number of benzene rings is 2. The summed E-state index contributed by atoms with van der Waals surface area (Å²) in [7, 11) is 3.04. The summed E-state index contributed by atoms with van der Waals surface area (Å²) in [4.78, 5) is 11.2. The van der Waals surface area contributed by atoms with Crippen molar-refractivity contribution in [2.45, 2.75) is 13.5 Å². The normalized spacial score (nSPS) is 10.5. The van der Waals surface area contributed by atoms with Crippen molar-refractivity contribution >= 4 is 5.97 Å². The van der Waals surface area contributed by atoms with Crippen molar-refractivity contribution in [1.82, 2.24) is 15.0 Å². The number of ether oxygens (including phenoxy) is 3. The van der Waals surface area contributed by atoms with Gasteiger partial charge in [-0.1, -0.05) is 35.5 Å². The molecule has 3 rings (SSSR count). The monoisotopic (exact) mass is 369 g/mol. The van der Waals surface area contributed by atoms with Crippen LogP contribution in [-0.4, -0.2) is 40.3 Å². The Morgan fingerprint density at radius 2 is 1.78 bits per heavy atom. The molecule has 0 atom stereocenters. The summed E-state index contributed by atoms with van der Waals surface area (Å²) in [6, 6.07) is 13.1. The highest BCUT2D eigenvalue weighted by Crippen LogP contribution is 2.37. The smallest absolute Gasteiger partial charge is 0.358 e. The molecule has 0 saturated carbocycles. The molecule has 0 fully saturated rings. The van der Waals surface area contributed by atoms with Crippen molar-refractivity contribution in [3.8, 4) is 22.9 Å². The molecule has 0 amide bonds. The van der Waals surface area contributed by atoms with Crippen molar-refractivity contribution in [3.63, 3.8) is 0 Å². The van der Waals surface area contributed by atoms with E-state index in [9.17, 15) is 9.90 Å². The first-order valence-electron chi connectivity index (χ1n) is 8.14. The Kier molecular flexibility index (Phi) is 5.25. The molecule has 27 heavy (non-hydrogen) atoms. The number of hydrogen-bond donors (Lipinski definition) is 1. The number of carboxylic acids is 1. The van der Waals surface area contributed by atoms with E-state index in [2.05, 4.69) is 10.3 Å². The molecule has 0 unspecified atom stereocenters. The first kappa shape index (κ1) is 18.2. The molecule has 1 aromatic heterocycles. The van der Waals surface area contributed by atoms with E-state index in [-0.39, 0.29) is 5.69 Å². The number of aromatic carboxylic acids is 1. The van der Waals surface area contributed by atoms with E-state index in [4.69, 9.17) is 14.2 Å². The molecule has 0 saturated heterocycles. The molecule has 1 heterocycles. The van der Waals surface area contributed by atoms with Crippen LogP contribution in [-0.2, 0) is 6.61 Å². The number of rotatable bonds is 7. The lowest BCUT2D eigenvalue weighted by atomic mass is 10.2. The molecule has 3 aromatic rings. The number of carbonyl (C=O) groups is 1. The van der Waals surface area contributed by atoms with Gasteiger partial charge in [-0.2, -0.15) is 0 Å². The first-order valence-corrected chi connectivity index (χ1v) is 8.14. The maximum Gasteiger partial charge on any atom is 0.358 e. The summed E-state index contributed by atoms with van der Waals surface area (Å²) in [6.45, 7) is 1.99. The van der Waals surface area contributed by atoms with Gasteiger partial charge in [0.25, 0.3) is 0 Å². The van der Waals surface area contributed by atoms with Crippen LogP contribution in [0.3, 0.4) is 0 Å². The lowest BCUT2D eigenvalue weighted by Crippen LogP contribution is -2.06. The van der Waals surface area contributed by atoms with Gasteiger partial charge in [0.2, 0.25) is 0 Å². The van der Waals surface area contributed by atoms with Gasteiger partial charge in [0, 0.05) is 12.1 Å². The average Bonchev–Trinajstić information content (AvgIpc) is 3.08. The molecule has 0 spiro atoms. The third-order valence-corrected chi connectivity index (χ3v) is 4.03. The summed E-state index contributed by atoms with van der Waals surface area (Å²) in [5.41, 5.74) is 1.76. The molecule has 0 radical (unpaired) electrons. The van der Waals surface area contributed by atoms with E-state index in [1.54, 1.807) is 19.1 Å².